The summed E-state index contributed by atoms with van der Waals surface area (Å²) in [4.78, 5) is 31.2. The molecule has 0 saturated heterocycles. The Morgan fingerprint density at radius 3 is 1.11 bits per heavy atom. The zero-order chi connectivity index (χ0) is 27.7. The molecule has 0 N–H and O–H groups in total. The Morgan fingerprint density at radius 2 is 0.861 bits per heavy atom. The number of carbonyl (C=O) groups is 2. The van der Waals surface area contributed by atoms with Gasteiger partial charge in [0.1, 0.15) is 11.4 Å². The van der Waals surface area contributed by atoms with E-state index >= 15 is 0 Å². The van der Waals surface area contributed by atoms with E-state index in [-0.39, 0.29) is 0 Å². The third kappa shape index (κ3) is 6.75. The number of alkyl halides is 12. The molecular weight excluding hydrogens is 536 g/mol. The van der Waals surface area contributed by atoms with Gasteiger partial charge in [-0.05, 0) is 24.3 Å². The van der Waals surface area contributed by atoms with Gasteiger partial charge in [-0.25, -0.2) is 9.59 Å². The summed E-state index contributed by atoms with van der Waals surface area (Å²) in [6.07, 6.45) is -32.1. The van der Waals surface area contributed by atoms with Gasteiger partial charge in [-0.1, -0.05) is 0 Å². The second-order valence-electron chi connectivity index (χ2n) is 6.54. The van der Waals surface area contributed by atoms with Crippen LogP contribution >= 0.6 is 0 Å². The first-order valence-corrected chi connectivity index (χ1v) is 8.83. The van der Waals surface area contributed by atoms with Crippen molar-refractivity contribution in [3.8, 4) is 11.4 Å². The van der Waals surface area contributed by atoms with E-state index < -0.39 is 71.4 Å². The van der Waals surface area contributed by atoms with Gasteiger partial charge in [-0.2, -0.15) is 52.7 Å². The number of hydrogen-bond acceptors (Lipinski definition) is 6. The molecule has 6 nitrogen and oxygen atoms in total. The van der Waals surface area contributed by atoms with E-state index in [4.69, 9.17) is 0 Å². The molecule has 0 aromatic carbocycles. The standard InChI is InChI=1S/C18H8F12N2O4/c19-15(20,21)13(16(22,23)24)35-11(33)7-3-1-5-31-9(7)10-8(4-2-6-32-10)12(34)36-14(17(25,26)27)18(28,29)30/h1-6,13-14H. The van der Waals surface area contributed by atoms with Gasteiger partial charge in [-0.3, -0.25) is 9.97 Å². The highest BCUT2D eigenvalue weighted by molar-refractivity contribution is 6.01. The molecule has 0 aliphatic carbocycles. The third-order valence-corrected chi connectivity index (χ3v) is 3.92. The van der Waals surface area contributed by atoms with Crippen LogP contribution in [0, 0.1) is 0 Å². The molecule has 2 aromatic rings. The fourth-order valence-electron chi connectivity index (χ4n) is 2.50. The molecule has 2 aromatic heterocycles. The van der Waals surface area contributed by atoms with Crippen LogP contribution in [0.2, 0.25) is 0 Å². The Labute approximate surface area is 190 Å². The lowest BCUT2D eigenvalue weighted by atomic mass is 10.1. The molecule has 0 atom stereocenters. The van der Waals surface area contributed by atoms with Gasteiger partial charge in [-0.15, -0.1) is 0 Å². The highest BCUT2D eigenvalue weighted by atomic mass is 19.4. The van der Waals surface area contributed by atoms with Crippen molar-refractivity contribution in [2.24, 2.45) is 0 Å². The molecule has 36 heavy (non-hydrogen) atoms. The average molecular weight is 544 g/mol. The normalized spacial score (nSPS) is 13.2. The van der Waals surface area contributed by atoms with Crippen molar-refractivity contribution < 1.29 is 71.7 Å². The number of hydrogen-bond donors (Lipinski definition) is 0. The molecule has 0 spiro atoms. The SMILES string of the molecule is O=C(OC(C(F)(F)F)C(F)(F)F)c1cccnc1-c1ncccc1C(=O)OC(C(F)(F)F)C(F)(F)F. The third-order valence-electron chi connectivity index (χ3n) is 3.92. The molecule has 0 radical (unpaired) electrons. The van der Waals surface area contributed by atoms with Crippen molar-refractivity contribution in [1.82, 2.24) is 9.97 Å². The molecule has 0 aliphatic heterocycles. The molecule has 18 heteroatoms. The Kier molecular flexibility index (Phi) is 7.80. The van der Waals surface area contributed by atoms with E-state index in [0.29, 0.717) is 12.1 Å². The average Bonchev–Trinajstić information content (AvgIpc) is 2.72. The number of esters is 2. The second kappa shape index (κ2) is 9.81. The number of halogens is 12. The maximum Gasteiger partial charge on any atom is 0.434 e. The van der Waals surface area contributed by atoms with Gasteiger partial charge < -0.3 is 9.47 Å². The fraction of sp³-hybridized carbons (Fsp3) is 0.333. The minimum absolute atomic E-state index is 0.562. The lowest BCUT2D eigenvalue weighted by molar-refractivity contribution is -0.308. The van der Waals surface area contributed by atoms with E-state index in [1.165, 1.54) is 0 Å². The van der Waals surface area contributed by atoms with Crippen LogP contribution < -0.4 is 0 Å². The molecule has 0 aliphatic rings. The molecule has 0 amide bonds. The second-order valence-corrected chi connectivity index (χ2v) is 6.54. The van der Waals surface area contributed by atoms with Gasteiger partial charge in [0.2, 0.25) is 0 Å². The summed E-state index contributed by atoms with van der Waals surface area (Å²) in [5, 5.41) is 0. The maximum absolute atomic E-state index is 12.7. The van der Waals surface area contributed by atoms with Crippen molar-refractivity contribution in [3.63, 3.8) is 0 Å². The number of aromatic nitrogens is 2. The molecule has 198 valence electrons. The summed E-state index contributed by atoms with van der Waals surface area (Å²) >= 11 is 0. The topological polar surface area (TPSA) is 78.4 Å². The van der Waals surface area contributed by atoms with Crippen molar-refractivity contribution >= 4 is 11.9 Å². The van der Waals surface area contributed by atoms with Gasteiger partial charge in [0.05, 0.1) is 11.1 Å². The smallest absolute Gasteiger partial charge is 0.434 e. The quantitative estimate of drug-likeness (QED) is 0.369. The van der Waals surface area contributed by atoms with Crippen LogP contribution in [0.5, 0.6) is 0 Å². The van der Waals surface area contributed by atoms with E-state index in [9.17, 15) is 62.3 Å². The minimum Gasteiger partial charge on any atom is -0.439 e. The lowest BCUT2D eigenvalue weighted by Crippen LogP contribution is -2.45. The lowest BCUT2D eigenvalue weighted by Gasteiger charge is -2.23. The monoisotopic (exact) mass is 544 g/mol. The van der Waals surface area contributed by atoms with Crippen molar-refractivity contribution in [3.05, 3.63) is 47.8 Å². The highest BCUT2D eigenvalue weighted by Crippen LogP contribution is 2.38. The van der Waals surface area contributed by atoms with Crippen LogP contribution in [0.3, 0.4) is 0 Å². The van der Waals surface area contributed by atoms with Crippen LogP contribution in [0.25, 0.3) is 11.4 Å². The van der Waals surface area contributed by atoms with Gasteiger partial charge in [0.25, 0.3) is 12.2 Å². The first-order chi connectivity index (χ1) is 16.2. The van der Waals surface area contributed by atoms with E-state index in [0.717, 1.165) is 24.5 Å². The number of rotatable bonds is 5. The number of carbonyl (C=O) groups excluding carboxylic acids is 2. The molecule has 0 unspecified atom stereocenters. The van der Waals surface area contributed by atoms with E-state index in [1.54, 1.807) is 0 Å². The highest BCUT2D eigenvalue weighted by Gasteiger charge is 2.61. The Morgan fingerprint density at radius 1 is 0.583 bits per heavy atom. The molecule has 0 bridgehead atoms. The van der Waals surface area contributed by atoms with E-state index in [2.05, 4.69) is 19.4 Å². The number of ether oxygens (including phenoxy) is 2. The fourth-order valence-corrected chi connectivity index (χ4v) is 2.50. The summed E-state index contributed by atoms with van der Waals surface area (Å²) in [6, 6.07) is 2.76. The van der Waals surface area contributed by atoms with Crippen LogP contribution in [0.1, 0.15) is 20.7 Å². The van der Waals surface area contributed by atoms with Gasteiger partial charge >= 0.3 is 36.6 Å². The molecule has 2 heterocycles. The minimum atomic E-state index is -6.11. The Bertz CT molecular complexity index is 993. The van der Waals surface area contributed by atoms with E-state index in [1.807, 2.05) is 0 Å². The molecule has 2 rings (SSSR count). The first-order valence-electron chi connectivity index (χ1n) is 8.83. The Hall–Kier alpha value is -3.60. The summed E-state index contributed by atoms with van der Waals surface area (Å²) in [7, 11) is 0. The van der Waals surface area contributed by atoms with Crippen LogP contribution in [-0.2, 0) is 9.47 Å². The van der Waals surface area contributed by atoms with Crippen molar-refractivity contribution in [2.45, 2.75) is 36.9 Å². The maximum atomic E-state index is 12.7. The summed E-state index contributed by atoms with van der Waals surface area (Å²) in [5.74, 6) is -4.60. The van der Waals surface area contributed by atoms with Gasteiger partial charge in [0.15, 0.2) is 0 Å². The predicted molar refractivity (Wildman–Crippen MR) is 90.1 cm³/mol. The van der Waals surface area contributed by atoms with Gasteiger partial charge in [0, 0.05) is 12.4 Å². The summed E-state index contributed by atoms with van der Waals surface area (Å²) in [5.41, 5.74) is -4.39. The van der Waals surface area contributed by atoms with Crippen molar-refractivity contribution in [1.29, 1.82) is 0 Å². The largest absolute Gasteiger partial charge is 0.439 e. The molecule has 0 fully saturated rings. The summed E-state index contributed by atoms with van der Waals surface area (Å²) in [6.45, 7) is 0. The number of pyridine rings is 2. The Balaban J connectivity index is 2.53. The first kappa shape index (κ1) is 28.6. The summed E-state index contributed by atoms with van der Waals surface area (Å²) < 4.78 is 160. The van der Waals surface area contributed by atoms with Crippen LogP contribution in [0.4, 0.5) is 52.7 Å². The zero-order valence-electron chi connectivity index (χ0n) is 16.7. The molecule has 0 saturated carbocycles. The number of nitrogens with zero attached hydrogens (tertiary/aromatic N) is 2. The predicted octanol–water partition coefficient (Wildman–Crippen LogP) is 5.44. The van der Waals surface area contributed by atoms with Crippen LogP contribution in [-0.4, -0.2) is 58.8 Å². The van der Waals surface area contributed by atoms with Crippen LogP contribution in [0.15, 0.2) is 36.7 Å². The van der Waals surface area contributed by atoms with Crippen molar-refractivity contribution in [2.75, 3.05) is 0 Å². The molecular formula is C18H8F12N2O4. The zero-order valence-corrected chi connectivity index (χ0v) is 16.7.